The molecule has 10 heteroatoms. The number of amides is 2. The van der Waals surface area contributed by atoms with Gasteiger partial charge in [0, 0.05) is 18.7 Å². The summed E-state index contributed by atoms with van der Waals surface area (Å²) in [4.78, 5) is 29.2. The van der Waals surface area contributed by atoms with Crippen LogP contribution in [-0.2, 0) is 26.2 Å². The summed E-state index contributed by atoms with van der Waals surface area (Å²) in [6.45, 7) is 3.22. The number of hydrogen-bond donors (Lipinski definition) is 1. The summed E-state index contributed by atoms with van der Waals surface area (Å²) in [5.74, 6) is -0.142. The molecule has 230 valence electrons. The Morgan fingerprint density at radius 2 is 1.65 bits per heavy atom. The Kier molecular flexibility index (Phi) is 10.7. The van der Waals surface area contributed by atoms with Gasteiger partial charge < -0.3 is 19.7 Å². The molecule has 0 heterocycles. The minimum Gasteiger partial charge on any atom is -0.497 e. The maximum atomic E-state index is 14.3. The second-order valence-electron chi connectivity index (χ2n) is 10.9. The van der Waals surface area contributed by atoms with Crippen LogP contribution < -0.4 is 19.1 Å². The van der Waals surface area contributed by atoms with Crippen LogP contribution in [-0.4, -0.2) is 58.0 Å². The zero-order valence-electron chi connectivity index (χ0n) is 25.3. The molecule has 1 fully saturated rings. The lowest BCUT2D eigenvalue weighted by molar-refractivity contribution is -0.139. The van der Waals surface area contributed by atoms with E-state index in [4.69, 9.17) is 9.47 Å². The molecular weight excluding hydrogens is 566 g/mol. The highest BCUT2D eigenvalue weighted by Crippen LogP contribution is 2.36. The van der Waals surface area contributed by atoms with Crippen molar-refractivity contribution in [1.29, 1.82) is 0 Å². The molecule has 1 unspecified atom stereocenters. The third-order valence-corrected chi connectivity index (χ3v) is 9.59. The van der Waals surface area contributed by atoms with Gasteiger partial charge in [-0.3, -0.25) is 13.9 Å². The average Bonchev–Trinajstić information content (AvgIpc) is 3.02. The van der Waals surface area contributed by atoms with Crippen LogP contribution in [0.4, 0.5) is 5.69 Å². The monoisotopic (exact) mass is 607 g/mol. The van der Waals surface area contributed by atoms with Gasteiger partial charge in [-0.15, -0.1) is 0 Å². The number of nitrogens with zero attached hydrogens (tertiary/aromatic N) is 2. The lowest BCUT2D eigenvalue weighted by atomic mass is 9.95. The number of aryl methyl sites for hydroxylation is 1. The first kappa shape index (κ1) is 31.9. The first-order chi connectivity index (χ1) is 20.6. The van der Waals surface area contributed by atoms with Crippen LogP contribution in [0.25, 0.3) is 0 Å². The predicted octanol–water partition coefficient (Wildman–Crippen LogP) is 5.07. The van der Waals surface area contributed by atoms with E-state index in [1.54, 1.807) is 37.3 Å². The van der Waals surface area contributed by atoms with Crippen LogP contribution in [0.2, 0.25) is 0 Å². The molecule has 0 saturated heterocycles. The molecule has 1 atom stereocenters. The van der Waals surface area contributed by atoms with Crippen LogP contribution in [0.1, 0.15) is 50.2 Å². The van der Waals surface area contributed by atoms with Crippen LogP contribution in [0, 0.1) is 6.92 Å². The van der Waals surface area contributed by atoms with Gasteiger partial charge in [0.25, 0.3) is 10.0 Å². The van der Waals surface area contributed by atoms with E-state index in [9.17, 15) is 18.0 Å². The van der Waals surface area contributed by atoms with E-state index in [0.717, 1.165) is 47.5 Å². The number of benzene rings is 3. The highest BCUT2D eigenvalue weighted by atomic mass is 32.2. The van der Waals surface area contributed by atoms with E-state index < -0.39 is 28.5 Å². The molecule has 4 rings (SSSR count). The van der Waals surface area contributed by atoms with Gasteiger partial charge in [0.15, 0.2) is 0 Å². The van der Waals surface area contributed by atoms with Gasteiger partial charge in [-0.2, -0.15) is 0 Å². The average molecular weight is 608 g/mol. The van der Waals surface area contributed by atoms with Crippen molar-refractivity contribution in [2.45, 2.75) is 69.5 Å². The molecule has 0 aliphatic heterocycles. The lowest BCUT2D eigenvalue weighted by Crippen LogP contribution is -2.53. The van der Waals surface area contributed by atoms with E-state index in [1.807, 2.05) is 31.2 Å². The number of rotatable bonds is 12. The van der Waals surface area contributed by atoms with Crippen molar-refractivity contribution in [3.8, 4) is 11.5 Å². The smallest absolute Gasteiger partial charge is 0.264 e. The summed E-state index contributed by atoms with van der Waals surface area (Å²) in [6, 6.07) is 19.6. The molecule has 2 amide bonds. The molecule has 3 aromatic carbocycles. The standard InChI is InChI=1S/C33H41N3O6S/c1-24-12-11-13-26(20-24)22-35(25(2)33(38)34-27-14-7-5-8-15-27)32(37)23-36(43(39,40)29-16-9-6-10-17-29)30-21-28(41-3)18-19-31(30)42-4/h6,9-13,16-21,25,27H,5,7-8,14-15,22-23H2,1-4H3,(H,34,38). The molecule has 0 aromatic heterocycles. The first-order valence-corrected chi connectivity index (χ1v) is 16.0. The summed E-state index contributed by atoms with van der Waals surface area (Å²) in [5.41, 5.74) is 1.99. The Morgan fingerprint density at radius 3 is 2.30 bits per heavy atom. The quantitative estimate of drug-likeness (QED) is 0.308. The fourth-order valence-corrected chi connectivity index (χ4v) is 6.82. The molecule has 0 spiro atoms. The van der Waals surface area contributed by atoms with Crippen molar-refractivity contribution >= 4 is 27.5 Å². The van der Waals surface area contributed by atoms with Crippen LogP contribution in [0.5, 0.6) is 11.5 Å². The predicted molar refractivity (Wildman–Crippen MR) is 167 cm³/mol. The molecule has 43 heavy (non-hydrogen) atoms. The molecule has 1 aliphatic carbocycles. The second-order valence-corrected chi connectivity index (χ2v) is 12.8. The van der Waals surface area contributed by atoms with E-state index >= 15 is 0 Å². The fourth-order valence-electron chi connectivity index (χ4n) is 5.38. The molecule has 0 radical (unpaired) electrons. The first-order valence-electron chi connectivity index (χ1n) is 14.6. The number of ether oxygens (including phenoxy) is 2. The summed E-state index contributed by atoms with van der Waals surface area (Å²) in [7, 11) is -1.33. The van der Waals surface area contributed by atoms with Gasteiger partial charge in [0.1, 0.15) is 24.1 Å². The minimum atomic E-state index is -4.24. The number of methoxy groups -OCH3 is 2. The summed E-state index contributed by atoms with van der Waals surface area (Å²) >= 11 is 0. The van der Waals surface area contributed by atoms with Gasteiger partial charge in [0.2, 0.25) is 11.8 Å². The second kappa shape index (κ2) is 14.4. The minimum absolute atomic E-state index is 0.0148. The molecular formula is C33H41N3O6S. The molecule has 9 nitrogen and oxygen atoms in total. The van der Waals surface area contributed by atoms with E-state index in [0.29, 0.717) is 5.75 Å². The van der Waals surface area contributed by atoms with E-state index in [1.165, 1.54) is 37.3 Å². The van der Waals surface area contributed by atoms with E-state index in [-0.39, 0.29) is 34.8 Å². The highest BCUT2D eigenvalue weighted by molar-refractivity contribution is 7.92. The van der Waals surface area contributed by atoms with Crippen molar-refractivity contribution in [1.82, 2.24) is 10.2 Å². The zero-order valence-corrected chi connectivity index (χ0v) is 26.1. The molecule has 0 bridgehead atoms. The van der Waals surface area contributed by atoms with Crippen molar-refractivity contribution in [3.05, 3.63) is 83.9 Å². The normalized spacial score (nSPS) is 14.4. The Hall–Kier alpha value is -4.05. The van der Waals surface area contributed by atoms with Gasteiger partial charge in [0.05, 0.1) is 24.8 Å². The van der Waals surface area contributed by atoms with Crippen LogP contribution >= 0.6 is 0 Å². The van der Waals surface area contributed by atoms with Crippen molar-refractivity contribution in [2.24, 2.45) is 0 Å². The maximum Gasteiger partial charge on any atom is 0.264 e. The number of hydrogen-bond acceptors (Lipinski definition) is 6. The number of nitrogens with one attached hydrogen (secondary N) is 1. The lowest BCUT2D eigenvalue weighted by Gasteiger charge is -2.33. The Labute approximate surface area is 254 Å². The highest BCUT2D eigenvalue weighted by Gasteiger charge is 2.34. The Morgan fingerprint density at radius 1 is 0.930 bits per heavy atom. The number of anilines is 1. The van der Waals surface area contributed by atoms with E-state index in [2.05, 4.69) is 5.32 Å². The van der Waals surface area contributed by atoms with Gasteiger partial charge in [-0.05, 0) is 56.5 Å². The summed E-state index contributed by atoms with van der Waals surface area (Å²) in [6.07, 6.45) is 5.07. The zero-order chi connectivity index (χ0) is 31.0. The van der Waals surface area contributed by atoms with Crippen molar-refractivity contribution in [2.75, 3.05) is 25.1 Å². The Balaban J connectivity index is 1.73. The number of carbonyl (C=O) groups is 2. The molecule has 3 aromatic rings. The topological polar surface area (TPSA) is 105 Å². The molecule has 1 N–H and O–H groups in total. The van der Waals surface area contributed by atoms with Gasteiger partial charge in [-0.25, -0.2) is 8.42 Å². The number of sulfonamides is 1. The van der Waals surface area contributed by atoms with Gasteiger partial charge >= 0.3 is 0 Å². The fraction of sp³-hybridized carbons (Fsp3) is 0.394. The van der Waals surface area contributed by atoms with Gasteiger partial charge in [-0.1, -0.05) is 67.3 Å². The number of carbonyl (C=O) groups excluding carboxylic acids is 2. The summed E-state index contributed by atoms with van der Waals surface area (Å²) < 4.78 is 40.2. The Bertz CT molecular complexity index is 1510. The van der Waals surface area contributed by atoms with Crippen LogP contribution in [0.3, 0.4) is 0 Å². The van der Waals surface area contributed by atoms with Crippen LogP contribution in [0.15, 0.2) is 77.7 Å². The third-order valence-electron chi connectivity index (χ3n) is 7.82. The van der Waals surface area contributed by atoms with Crippen molar-refractivity contribution < 1.29 is 27.5 Å². The summed E-state index contributed by atoms with van der Waals surface area (Å²) in [5, 5.41) is 3.12. The maximum absolute atomic E-state index is 14.3. The molecule has 1 saturated carbocycles. The van der Waals surface area contributed by atoms with Crippen molar-refractivity contribution in [3.63, 3.8) is 0 Å². The molecule has 1 aliphatic rings. The SMILES string of the molecule is COc1ccc(OC)c(N(CC(=O)N(Cc2cccc(C)c2)C(C)C(=O)NC2CCCCC2)S(=O)(=O)c2ccccc2)c1. The largest absolute Gasteiger partial charge is 0.497 e. The third kappa shape index (κ3) is 7.87.